The van der Waals surface area contributed by atoms with Gasteiger partial charge in [-0.25, -0.2) is 4.39 Å². The minimum atomic E-state index is -0.301. The van der Waals surface area contributed by atoms with Crippen LogP contribution in [-0.4, -0.2) is 6.04 Å². The summed E-state index contributed by atoms with van der Waals surface area (Å²) in [5.41, 5.74) is 1.63. The molecule has 0 radical (unpaired) electrons. The Morgan fingerprint density at radius 2 is 2.19 bits per heavy atom. The minimum Gasteiger partial charge on any atom is -0.464 e. The van der Waals surface area contributed by atoms with Crippen molar-refractivity contribution in [2.75, 3.05) is 0 Å². The van der Waals surface area contributed by atoms with Crippen LogP contribution in [-0.2, 0) is 6.54 Å². The highest BCUT2D eigenvalue weighted by atomic mass is 79.9. The first-order chi connectivity index (χ1) is 7.58. The number of furan rings is 1. The van der Waals surface area contributed by atoms with Crippen LogP contribution >= 0.6 is 15.9 Å². The Balaban J connectivity index is 2.36. The monoisotopic (exact) mass is 285 g/mol. The second-order valence-electron chi connectivity index (χ2n) is 4.06. The Bertz CT molecular complexity index is 507. The fourth-order valence-corrected chi connectivity index (χ4v) is 1.87. The van der Waals surface area contributed by atoms with E-state index in [0.717, 1.165) is 17.5 Å². The molecule has 0 fully saturated rings. The Kier molecular flexibility index (Phi) is 3.30. The van der Waals surface area contributed by atoms with Gasteiger partial charge in [-0.15, -0.1) is 0 Å². The fraction of sp³-hybridized carbons (Fsp3) is 0.333. The molecule has 0 unspecified atom stereocenters. The van der Waals surface area contributed by atoms with Crippen molar-refractivity contribution in [3.05, 3.63) is 34.2 Å². The van der Waals surface area contributed by atoms with E-state index in [-0.39, 0.29) is 5.82 Å². The summed E-state index contributed by atoms with van der Waals surface area (Å²) in [6.45, 7) is 4.89. The van der Waals surface area contributed by atoms with Crippen LogP contribution in [0.4, 0.5) is 4.39 Å². The van der Waals surface area contributed by atoms with Crippen molar-refractivity contribution in [2.24, 2.45) is 0 Å². The highest BCUT2D eigenvalue weighted by Crippen LogP contribution is 2.27. The fourth-order valence-electron chi connectivity index (χ4n) is 1.53. The topological polar surface area (TPSA) is 25.2 Å². The predicted octanol–water partition coefficient (Wildman–Crippen LogP) is 3.83. The van der Waals surface area contributed by atoms with Crippen molar-refractivity contribution >= 4 is 26.9 Å². The van der Waals surface area contributed by atoms with Gasteiger partial charge in [0.15, 0.2) is 0 Å². The summed E-state index contributed by atoms with van der Waals surface area (Å²) in [6.07, 6.45) is 1.67. The molecule has 0 amide bonds. The molecule has 0 spiro atoms. The van der Waals surface area contributed by atoms with Gasteiger partial charge < -0.3 is 9.73 Å². The summed E-state index contributed by atoms with van der Waals surface area (Å²) in [7, 11) is 0. The summed E-state index contributed by atoms with van der Waals surface area (Å²) in [4.78, 5) is 0. The number of rotatable bonds is 3. The van der Waals surface area contributed by atoms with E-state index in [9.17, 15) is 4.39 Å². The lowest BCUT2D eigenvalue weighted by Crippen LogP contribution is -2.21. The number of nitrogens with one attached hydrogen (secondary N) is 1. The summed E-state index contributed by atoms with van der Waals surface area (Å²) in [5.74, 6) is -0.301. The second kappa shape index (κ2) is 4.55. The number of benzene rings is 1. The molecule has 0 saturated carbocycles. The summed E-state index contributed by atoms with van der Waals surface area (Å²) >= 11 is 3.18. The van der Waals surface area contributed by atoms with Gasteiger partial charge in [0.25, 0.3) is 0 Å². The lowest BCUT2D eigenvalue weighted by Gasteiger charge is -2.06. The third-order valence-corrected chi connectivity index (χ3v) is 3.01. The van der Waals surface area contributed by atoms with E-state index in [4.69, 9.17) is 4.42 Å². The van der Waals surface area contributed by atoms with Gasteiger partial charge in [0, 0.05) is 29.6 Å². The average molecular weight is 286 g/mol. The van der Waals surface area contributed by atoms with Crippen LogP contribution in [0.1, 0.15) is 19.4 Å². The Labute approximate surface area is 102 Å². The van der Waals surface area contributed by atoms with Gasteiger partial charge in [-0.05, 0) is 22.0 Å². The molecule has 1 aromatic heterocycles. The largest absolute Gasteiger partial charge is 0.464 e. The van der Waals surface area contributed by atoms with Crippen LogP contribution < -0.4 is 5.32 Å². The average Bonchev–Trinajstić information content (AvgIpc) is 2.58. The summed E-state index contributed by atoms with van der Waals surface area (Å²) < 4.78 is 19.0. The first-order valence-corrected chi connectivity index (χ1v) is 5.95. The molecule has 0 atom stereocenters. The quantitative estimate of drug-likeness (QED) is 0.927. The zero-order valence-corrected chi connectivity index (χ0v) is 10.8. The van der Waals surface area contributed by atoms with E-state index in [1.54, 1.807) is 12.3 Å². The van der Waals surface area contributed by atoms with E-state index < -0.39 is 0 Å². The van der Waals surface area contributed by atoms with Gasteiger partial charge in [-0.3, -0.25) is 0 Å². The first kappa shape index (κ1) is 11.6. The second-order valence-corrected chi connectivity index (χ2v) is 4.91. The maximum Gasteiger partial charge on any atom is 0.141 e. The molecule has 0 aliphatic rings. The third kappa shape index (κ3) is 2.28. The van der Waals surface area contributed by atoms with Crippen LogP contribution in [0.5, 0.6) is 0 Å². The lowest BCUT2D eigenvalue weighted by molar-refractivity contribution is 0.570. The maximum absolute atomic E-state index is 13.2. The van der Waals surface area contributed by atoms with Crippen molar-refractivity contribution in [1.82, 2.24) is 5.32 Å². The normalized spacial score (nSPS) is 11.6. The molecular weight excluding hydrogens is 273 g/mol. The smallest absolute Gasteiger partial charge is 0.141 e. The van der Waals surface area contributed by atoms with Gasteiger partial charge in [0.2, 0.25) is 0 Å². The first-order valence-electron chi connectivity index (χ1n) is 5.16. The minimum absolute atomic E-state index is 0.301. The molecule has 1 aromatic carbocycles. The number of halogens is 2. The van der Waals surface area contributed by atoms with Crippen molar-refractivity contribution in [1.29, 1.82) is 0 Å². The van der Waals surface area contributed by atoms with E-state index in [1.165, 1.54) is 6.07 Å². The number of fused-ring (bicyclic) bond motifs is 1. The molecular formula is C12H13BrFNO. The molecule has 2 rings (SSSR count). The molecule has 86 valence electrons. The van der Waals surface area contributed by atoms with Gasteiger partial charge in [-0.1, -0.05) is 13.8 Å². The molecule has 2 nitrogen and oxygen atoms in total. The van der Waals surface area contributed by atoms with Crippen molar-refractivity contribution in [3.8, 4) is 0 Å². The summed E-state index contributed by atoms with van der Waals surface area (Å²) in [5, 5.41) is 4.25. The van der Waals surface area contributed by atoms with E-state index >= 15 is 0 Å². The molecule has 0 aliphatic heterocycles. The van der Waals surface area contributed by atoms with Crippen LogP contribution in [0.2, 0.25) is 0 Å². The third-order valence-electron chi connectivity index (χ3n) is 2.40. The molecule has 16 heavy (non-hydrogen) atoms. The van der Waals surface area contributed by atoms with Crippen molar-refractivity contribution < 1.29 is 8.81 Å². The summed E-state index contributed by atoms with van der Waals surface area (Å²) in [6, 6.07) is 3.57. The van der Waals surface area contributed by atoms with Crippen LogP contribution in [0.15, 0.2) is 27.3 Å². The van der Waals surface area contributed by atoms with Crippen LogP contribution in [0, 0.1) is 5.82 Å². The SMILES string of the molecule is CC(C)NCc1coc2cc(F)c(Br)cc12. The Morgan fingerprint density at radius 1 is 1.44 bits per heavy atom. The predicted molar refractivity (Wildman–Crippen MR) is 65.8 cm³/mol. The molecule has 1 heterocycles. The highest BCUT2D eigenvalue weighted by molar-refractivity contribution is 9.10. The van der Waals surface area contributed by atoms with Gasteiger partial charge in [-0.2, -0.15) is 0 Å². The van der Waals surface area contributed by atoms with Gasteiger partial charge in [0.1, 0.15) is 11.4 Å². The van der Waals surface area contributed by atoms with Crippen molar-refractivity contribution in [2.45, 2.75) is 26.4 Å². The Hall–Kier alpha value is -0.870. The van der Waals surface area contributed by atoms with E-state index in [2.05, 4.69) is 35.1 Å². The van der Waals surface area contributed by atoms with Crippen molar-refractivity contribution in [3.63, 3.8) is 0 Å². The van der Waals surface area contributed by atoms with Crippen LogP contribution in [0.3, 0.4) is 0 Å². The van der Waals surface area contributed by atoms with Crippen LogP contribution in [0.25, 0.3) is 11.0 Å². The van der Waals surface area contributed by atoms with E-state index in [0.29, 0.717) is 16.1 Å². The van der Waals surface area contributed by atoms with Gasteiger partial charge in [0.05, 0.1) is 10.7 Å². The number of hydrogen-bond donors (Lipinski definition) is 1. The molecule has 0 aliphatic carbocycles. The highest BCUT2D eigenvalue weighted by Gasteiger charge is 2.09. The lowest BCUT2D eigenvalue weighted by atomic mass is 10.1. The molecule has 0 bridgehead atoms. The molecule has 4 heteroatoms. The van der Waals surface area contributed by atoms with Gasteiger partial charge >= 0.3 is 0 Å². The standard InChI is InChI=1S/C12H13BrFNO/c1-7(2)15-5-8-6-16-12-4-11(14)10(13)3-9(8)12/h3-4,6-7,15H,5H2,1-2H3. The zero-order valence-electron chi connectivity index (χ0n) is 9.18. The molecule has 0 saturated heterocycles. The molecule has 2 aromatic rings. The van der Waals surface area contributed by atoms with E-state index in [1.807, 2.05) is 0 Å². The Morgan fingerprint density at radius 3 is 2.88 bits per heavy atom. The molecule has 1 N–H and O–H groups in total. The maximum atomic E-state index is 13.2. The zero-order chi connectivity index (χ0) is 11.7. The number of hydrogen-bond acceptors (Lipinski definition) is 2.